The Hall–Kier alpha value is -0.620. The van der Waals surface area contributed by atoms with Crippen molar-refractivity contribution in [3.8, 4) is 0 Å². The highest BCUT2D eigenvalue weighted by Crippen LogP contribution is 2.18. The average molecular weight is 403 g/mol. The van der Waals surface area contributed by atoms with Crippen LogP contribution in [0.3, 0.4) is 0 Å². The van der Waals surface area contributed by atoms with E-state index in [0.29, 0.717) is 0 Å². The summed E-state index contributed by atoms with van der Waals surface area (Å²) in [7, 11) is 0. The topological polar surface area (TPSA) is 24.9 Å². The van der Waals surface area contributed by atoms with Gasteiger partial charge >= 0.3 is 0 Å². The molecule has 0 radical (unpaired) electrons. The zero-order chi connectivity index (χ0) is 12.3. The van der Waals surface area contributed by atoms with Crippen molar-refractivity contribution in [2.75, 3.05) is 5.32 Å². The first-order valence-corrected chi connectivity index (χ1v) is 7.13. The fraction of sp³-hybridized carbons (Fsp3) is 0.154. The fourth-order valence-electron chi connectivity index (χ4n) is 1.52. The van der Waals surface area contributed by atoms with Crippen LogP contribution in [0.1, 0.15) is 11.3 Å². The van der Waals surface area contributed by atoms with Crippen LogP contribution in [0.5, 0.6) is 0 Å². The van der Waals surface area contributed by atoms with E-state index in [1.165, 1.54) is 9.13 Å². The maximum absolute atomic E-state index is 4.33. The summed E-state index contributed by atoms with van der Waals surface area (Å²) >= 11 is 5.70. The third-order valence-electron chi connectivity index (χ3n) is 2.44. The normalized spacial score (nSPS) is 10.3. The second-order valence-corrected chi connectivity index (χ2v) is 5.94. The monoisotopic (exact) mass is 402 g/mol. The van der Waals surface area contributed by atoms with E-state index in [1.807, 2.05) is 18.3 Å². The summed E-state index contributed by atoms with van der Waals surface area (Å²) in [4.78, 5) is 4.33. The van der Waals surface area contributed by atoms with Crippen molar-refractivity contribution in [3.63, 3.8) is 0 Å². The standard InChI is InChI=1S/C13H12BrIN2/c1-9-6-11(15)3-5-13(9)17-8-12-4-2-10(14)7-16-12/h2-7,17H,8H2,1H3. The highest BCUT2D eigenvalue weighted by molar-refractivity contribution is 14.1. The van der Waals surface area contributed by atoms with Crippen molar-refractivity contribution < 1.29 is 0 Å². The van der Waals surface area contributed by atoms with Gasteiger partial charge < -0.3 is 5.32 Å². The summed E-state index contributed by atoms with van der Waals surface area (Å²) in [5.74, 6) is 0. The molecule has 88 valence electrons. The van der Waals surface area contributed by atoms with Crippen LogP contribution in [0.15, 0.2) is 41.0 Å². The molecular formula is C13H12BrIN2. The Morgan fingerprint density at radius 2 is 2.12 bits per heavy atom. The molecule has 0 atom stereocenters. The van der Waals surface area contributed by atoms with E-state index in [2.05, 4.69) is 73.9 Å². The maximum Gasteiger partial charge on any atom is 0.0595 e. The SMILES string of the molecule is Cc1cc(I)ccc1NCc1ccc(Br)cn1. The van der Waals surface area contributed by atoms with E-state index < -0.39 is 0 Å². The Morgan fingerprint density at radius 3 is 2.76 bits per heavy atom. The minimum absolute atomic E-state index is 0.745. The van der Waals surface area contributed by atoms with Crippen LogP contribution in [0, 0.1) is 10.5 Å². The van der Waals surface area contributed by atoms with Crippen molar-refractivity contribution in [2.24, 2.45) is 0 Å². The summed E-state index contributed by atoms with van der Waals surface area (Å²) in [5.41, 5.74) is 3.45. The van der Waals surface area contributed by atoms with Gasteiger partial charge in [0.05, 0.1) is 12.2 Å². The number of halogens is 2. The number of aryl methyl sites for hydroxylation is 1. The van der Waals surface area contributed by atoms with Gasteiger partial charge in [0.2, 0.25) is 0 Å². The lowest BCUT2D eigenvalue weighted by atomic mass is 10.2. The number of benzene rings is 1. The Kier molecular flexibility index (Phi) is 4.39. The van der Waals surface area contributed by atoms with Crippen LogP contribution in [0.4, 0.5) is 5.69 Å². The lowest BCUT2D eigenvalue weighted by Crippen LogP contribution is -2.02. The van der Waals surface area contributed by atoms with E-state index in [1.54, 1.807) is 0 Å². The molecule has 0 amide bonds. The molecule has 2 rings (SSSR count). The summed E-state index contributed by atoms with van der Waals surface area (Å²) in [6, 6.07) is 10.4. The van der Waals surface area contributed by atoms with E-state index in [-0.39, 0.29) is 0 Å². The highest BCUT2D eigenvalue weighted by Gasteiger charge is 1.99. The van der Waals surface area contributed by atoms with Gasteiger partial charge in [-0.25, -0.2) is 0 Å². The largest absolute Gasteiger partial charge is 0.379 e. The van der Waals surface area contributed by atoms with Gasteiger partial charge in [0.25, 0.3) is 0 Å². The number of anilines is 1. The minimum Gasteiger partial charge on any atom is -0.379 e. The van der Waals surface area contributed by atoms with Gasteiger partial charge in [-0.1, -0.05) is 0 Å². The van der Waals surface area contributed by atoms with E-state index in [9.17, 15) is 0 Å². The molecule has 2 nitrogen and oxygen atoms in total. The molecule has 0 fully saturated rings. The third-order valence-corrected chi connectivity index (χ3v) is 3.58. The molecule has 1 aromatic carbocycles. The van der Waals surface area contributed by atoms with Gasteiger partial charge in [-0.15, -0.1) is 0 Å². The second kappa shape index (κ2) is 5.82. The van der Waals surface area contributed by atoms with Crippen molar-refractivity contribution >= 4 is 44.2 Å². The molecule has 1 N–H and O–H groups in total. The maximum atomic E-state index is 4.33. The Bertz CT molecular complexity index is 511. The average Bonchev–Trinajstić information content (AvgIpc) is 2.30. The quantitative estimate of drug-likeness (QED) is 0.771. The summed E-state index contributed by atoms with van der Waals surface area (Å²) in [6.07, 6.45) is 1.82. The van der Waals surface area contributed by atoms with Crippen LogP contribution >= 0.6 is 38.5 Å². The number of nitrogens with one attached hydrogen (secondary N) is 1. The number of nitrogens with zero attached hydrogens (tertiary/aromatic N) is 1. The van der Waals surface area contributed by atoms with Crippen LogP contribution < -0.4 is 5.32 Å². The Balaban J connectivity index is 2.04. The van der Waals surface area contributed by atoms with Crippen molar-refractivity contribution in [1.29, 1.82) is 0 Å². The van der Waals surface area contributed by atoms with E-state index >= 15 is 0 Å². The summed E-state index contributed by atoms with van der Waals surface area (Å²) < 4.78 is 2.26. The molecule has 0 unspecified atom stereocenters. The predicted octanol–water partition coefficient (Wildman–Crippen LogP) is 4.37. The number of hydrogen-bond acceptors (Lipinski definition) is 2. The number of pyridine rings is 1. The third kappa shape index (κ3) is 3.67. The van der Waals surface area contributed by atoms with Crippen LogP contribution in [0.25, 0.3) is 0 Å². The molecule has 0 saturated carbocycles. The summed E-state index contributed by atoms with van der Waals surface area (Å²) in [6.45, 7) is 2.86. The molecular weight excluding hydrogens is 391 g/mol. The molecule has 0 bridgehead atoms. The van der Waals surface area contributed by atoms with Crippen LogP contribution in [0.2, 0.25) is 0 Å². The number of rotatable bonds is 3. The van der Waals surface area contributed by atoms with Crippen LogP contribution in [-0.4, -0.2) is 4.98 Å². The molecule has 1 heterocycles. The molecule has 4 heteroatoms. The molecule has 0 aliphatic rings. The molecule has 2 aromatic rings. The van der Waals surface area contributed by atoms with Gasteiger partial charge in [0.1, 0.15) is 0 Å². The Labute approximate surface area is 123 Å². The van der Waals surface area contributed by atoms with Gasteiger partial charge in [0, 0.05) is 19.9 Å². The molecule has 0 aliphatic carbocycles. The number of hydrogen-bond donors (Lipinski definition) is 1. The predicted molar refractivity (Wildman–Crippen MR) is 83.2 cm³/mol. The zero-order valence-corrected chi connectivity index (χ0v) is 13.1. The summed E-state index contributed by atoms with van der Waals surface area (Å²) in [5, 5.41) is 3.39. The van der Waals surface area contributed by atoms with Crippen molar-refractivity contribution in [2.45, 2.75) is 13.5 Å². The van der Waals surface area contributed by atoms with Crippen molar-refractivity contribution in [1.82, 2.24) is 4.98 Å². The van der Waals surface area contributed by atoms with Gasteiger partial charge in [-0.3, -0.25) is 4.98 Å². The first-order valence-electron chi connectivity index (χ1n) is 5.25. The van der Waals surface area contributed by atoms with Gasteiger partial charge in [0.15, 0.2) is 0 Å². The molecule has 0 saturated heterocycles. The molecule has 0 spiro atoms. The van der Waals surface area contributed by atoms with E-state index in [0.717, 1.165) is 22.4 Å². The lowest BCUT2D eigenvalue weighted by Gasteiger charge is -2.09. The fourth-order valence-corrected chi connectivity index (χ4v) is 2.40. The van der Waals surface area contributed by atoms with E-state index in [4.69, 9.17) is 0 Å². The first kappa shape index (κ1) is 12.8. The van der Waals surface area contributed by atoms with Crippen molar-refractivity contribution in [3.05, 3.63) is 55.8 Å². The first-order chi connectivity index (χ1) is 8.15. The second-order valence-electron chi connectivity index (χ2n) is 3.78. The highest BCUT2D eigenvalue weighted by atomic mass is 127. The Morgan fingerprint density at radius 1 is 1.29 bits per heavy atom. The minimum atomic E-state index is 0.745. The van der Waals surface area contributed by atoms with Gasteiger partial charge in [-0.05, 0) is 81.3 Å². The smallest absolute Gasteiger partial charge is 0.0595 e. The zero-order valence-electron chi connectivity index (χ0n) is 9.37. The molecule has 1 aromatic heterocycles. The molecule has 17 heavy (non-hydrogen) atoms. The number of aromatic nitrogens is 1. The molecule has 0 aliphatic heterocycles. The lowest BCUT2D eigenvalue weighted by molar-refractivity contribution is 1.04. The van der Waals surface area contributed by atoms with Crippen LogP contribution in [-0.2, 0) is 6.54 Å². The van der Waals surface area contributed by atoms with Gasteiger partial charge in [-0.2, -0.15) is 0 Å².